The van der Waals surface area contributed by atoms with Crippen molar-refractivity contribution in [3.63, 3.8) is 0 Å². The number of carbonyl (C=O) groups excluding carboxylic acids is 2. The van der Waals surface area contributed by atoms with Gasteiger partial charge in [0.25, 0.3) is 0 Å². The molecule has 6 nitrogen and oxygen atoms in total. The fourth-order valence-corrected chi connectivity index (χ4v) is 4.73. The highest BCUT2D eigenvalue weighted by atomic mass is 35.5. The summed E-state index contributed by atoms with van der Waals surface area (Å²) in [4.78, 5) is 29.7. The normalized spacial score (nSPS) is 20.1. The zero-order chi connectivity index (χ0) is 21.8. The molecule has 2 aliphatic rings. The number of nitrogens with one attached hydrogen (secondary N) is 1. The number of hydrogen-bond donors (Lipinski definition) is 1. The molecular formula is C24H28ClN3O3. The van der Waals surface area contributed by atoms with Gasteiger partial charge in [0.05, 0.1) is 24.8 Å². The molecule has 2 amide bonds. The topological polar surface area (TPSA) is 61.9 Å². The summed E-state index contributed by atoms with van der Waals surface area (Å²) in [5.41, 5.74) is 1.81. The van der Waals surface area contributed by atoms with E-state index in [-0.39, 0.29) is 30.2 Å². The molecule has 2 aromatic carbocycles. The van der Waals surface area contributed by atoms with Gasteiger partial charge in [0.1, 0.15) is 5.75 Å². The van der Waals surface area contributed by atoms with Crippen LogP contribution >= 0.6 is 11.6 Å². The maximum absolute atomic E-state index is 13.0. The predicted octanol–water partition coefficient (Wildman–Crippen LogP) is 3.65. The first-order valence-corrected chi connectivity index (χ1v) is 11.1. The van der Waals surface area contributed by atoms with E-state index < -0.39 is 0 Å². The molecule has 2 aliphatic heterocycles. The van der Waals surface area contributed by atoms with Gasteiger partial charge < -0.3 is 15.0 Å². The molecule has 7 heteroatoms. The van der Waals surface area contributed by atoms with E-state index in [9.17, 15) is 9.59 Å². The van der Waals surface area contributed by atoms with Crippen molar-refractivity contribution in [2.24, 2.45) is 5.92 Å². The van der Waals surface area contributed by atoms with Gasteiger partial charge in [-0.1, -0.05) is 35.9 Å². The molecular weight excluding hydrogens is 414 g/mol. The summed E-state index contributed by atoms with van der Waals surface area (Å²) < 4.78 is 5.39. The van der Waals surface area contributed by atoms with Gasteiger partial charge in [-0.25, -0.2) is 0 Å². The maximum Gasteiger partial charge on any atom is 0.227 e. The highest BCUT2D eigenvalue weighted by molar-refractivity contribution is 6.30. The van der Waals surface area contributed by atoms with Crippen molar-refractivity contribution in [2.75, 3.05) is 38.2 Å². The molecule has 0 radical (unpaired) electrons. The van der Waals surface area contributed by atoms with Crippen LogP contribution in [0.25, 0.3) is 0 Å². The number of methoxy groups -OCH3 is 1. The largest absolute Gasteiger partial charge is 0.495 e. The van der Waals surface area contributed by atoms with Crippen molar-refractivity contribution in [3.8, 4) is 5.75 Å². The molecule has 2 unspecified atom stereocenters. The summed E-state index contributed by atoms with van der Waals surface area (Å²) in [6, 6.07) is 15.3. The van der Waals surface area contributed by atoms with Crippen LogP contribution in [0.3, 0.4) is 0 Å². The van der Waals surface area contributed by atoms with Gasteiger partial charge in [0, 0.05) is 24.5 Å². The lowest BCUT2D eigenvalue weighted by Gasteiger charge is -2.28. The predicted molar refractivity (Wildman–Crippen MR) is 121 cm³/mol. The zero-order valence-corrected chi connectivity index (χ0v) is 18.5. The van der Waals surface area contributed by atoms with Crippen LogP contribution in [0.15, 0.2) is 48.5 Å². The van der Waals surface area contributed by atoms with E-state index in [2.05, 4.69) is 16.3 Å². The number of amides is 2. The summed E-state index contributed by atoms with van der Waals surface area (Å²) in [6.45, 7) is 2.88. The van der Waals surface area contributed by atoms with Crippen molar-refractivity contribution in [3.05, 3.63) is 59.1 Å². The van der Waals surface area contributed by atoms with Crippen LogP contribution in [-0.2, 0) is 9.59 Å². The molecule has 2 saturated heterocycles. The Morgan fingerprint density at radius 1 is 1.19 bits per heavy atom. The minimum absolute atomic E-state index is 0.0596. The Labute approximate surface area is 188 Å². The number of likely N-dealkylation sites (tertiary alicyclic amines) is 1. The minimum atomic E-state index is -0.379. The third-order valence-corrected chi connectivity index (χ3v) is 6.39. The fraction of sp³-hybridized carbons (Fsp3) is 0.417. The molecule has 2 heterocycles. The van der Waals surface area contributed by atoms with E-state index in [1.165, 1.54) is 0 Å². The Morgan fingerprint density at radius 3 is 2.71 bits per heavy atom. The Bertz CT molecular complexity index is 945. The molecule has 2 atom stereocenters. The van der Waals surface area contributed by atoms with Gasteiger partial charge >= 0.3 is 0 Å². The van der Waals surface area contributed by atoms with E-state index in [0.717, 1.165) is 31.5 Å². The number of rotatable bonds is 7. The molecule has 1 N–H and O–H groups in total. The van der Waals surface area contributed by atoms with Crippen LogP contribution in [0, 0.1) is 5.92 Å². The van der Waals surface area contributed by atoms with Gasteiger partial charge in [0.15, 0.2) is 0 Å². The second-order valence-electron chi connectivity index (χ2n) is 8.14. The Balaban J connectivity index is 1.43. The minimum Gasteiger partial charge on any atom is -0.495 e. The lowest BCUT2D eigenvalue weighted by molar-refractivity contribution is -0.126. The third-order valence-electron chi connectivity index (χ3n) is 6.16. The van der Waals surface area contributed by atoms with Crippen molar-refractivity contribution in [2.45, 2.75) is 25.3 Å². The number of halogens is 1. The quantitative estimate of drug-likeness (QED) is 0.712. The average molecular weight is 442 g/mol. The van der Waals surface area contributed by atoms with Gasteiger partial charge in [0.2, 0.25) is 11.8 Å². The van der Waals surface area contributed by atoms with E-state index in [1.54, 1.807) is 12.0 Å². The van der Waals surface area contributed by atoms with Crippen molar-refractivity contribution in [1.82, 2.24) is 10.2 Å². The molecule has 0 aliphatic carbocycles. The van der Waals surface area contributed by atoms with Gasteiger partial charge in [-0.3, -0.25) is 14.5 Å². The lowest BCUT2D eigenvalue weighted by atomic mass is 10.0. The van der Waals surface area contributed by atoms with E-state index in [0.29, 0.717) is 29.5 Å². The number of nitrogens with zero attached hydrogens (tertiary/aromatic N) is 2. The van der Waals surface area contributed by atoms with Gasteiger partial charge in [-0.05, 0) is 55.8 Å². The van der Waals surface area contributed by atoms with E-state index in [1.807, 2.05) is 42.5 Å². The number of hydrogen-bond acceptors (Lipinski definition) is 4. The number of ether oxygens (including phenoxy) is 1. The van der Waals surface area contributed by atoms with E-state index >= 15 is 0 Å². The number of anilines is 1. The van der Waals surface area contributed by atoms with Crippen LogP contribution in [0.5, 0.6) is 5.75 Å². The summed E-state index contributed by atoms with van der Waals surface area (Å²) in [6.07, 6.45) is 2.53. The second kappa shape index (κ2) is 9.71. The fourth-order valence-electron chi connectivity index (χ4n) is 4.54. The Kier molecular flexibility index (Phi) is 6.78. The molecule has 164 valence electrons. The number of carbonyl (C=O) groups is 2. The summed E-state index contributed by atoms with van der Waals surface area (Å²) in [5, 5.41) is 3.80. The molecule has 2 fully saturated rings. The highest BCUT2D eigenvalue weighted by Crippen LogP contribution is 2.33. The molecule has 2 aromatic rings. The standard InChI is InChI=1S/C24H28ClN3O3/c1-31-22-10-3-2-9-20(22)28-16-18(14-23(28)29)24(30)26-15-21(27-11-4-5-12-27)17-7-6-8-19(25)13-17/h2-3,6-10,13,18,21H,4-5,11-12,14-16H2,1H3,(H,26,30). The van der Waals surface area contributed by atoms with Gasteiger partial charge in [-0.2, -0.15) is 0 Å². The monoisotopic (exact) mass is 441 g/mol. The molecule has 0 spiro atoms. The molecule has 31 heavy (non-hydrogen) atoms. The first-order chi connectivity index (χ1) is 15.1. The molecule has 4 rings (SSSR count). The zero-order valence-electron chi connectivity index (χ0n) is 17.7. The summed E-state index contributed by atoms with van der Waals surface area (Å²) >= 11 is 6.22. The second-order valence-corrected chi connectivity index (χ2v) is 8.57. The average Bonchev–Trinajstić information content (AvgIpc) is 3.44. The maximum atomic E-state index is 13.0. The SMILES string of the molecule is COc1ccccc1N1CC(C(=O)NCC(c2cccc(Cl)c2)N2CCCC2)CC1=O. The summed E-state index contributed by atoms with van der Waals surface area (Å²) in [5.74, 6) is 0.107. The van der Waals surface area contributed by atoms with Crippen LogP contribution < -0.4 is 15.0 Å². The first kappa shape index (κ1) is 21.7. The van der Waals surface area contributed by atoms with Crippen molar-refractivity contribution in [1.29, 1.82) is 0 Å². The van der Waals surface area contributed by atoms with Crippen LogP contribution in [0.4, 0.5) is 5.69 Å². The smallest absolute Gasteiger partial charge is 0.227 e. The van der Waals surface area contributed by atoms with Crippen molar-refractivity contribution < 1.29 is 14.3 Å². The summed E-state index contributed by atoms with van der Waals surface area (Å²) in [7, 11) is 1.58. The van der Waals surface area contributed by atoms with E-state index in [4.69, 9.17) is 16.3 Å². The Hall–Kier alpha value is -2.57. The molecule has 0 saturated carbocycles. The van der Waals surface area contributed by atoms with Gasteiger partial charge in [-0.15, -0.1) is 0 Å². The highest BCUT2D eigenvalue weighted by Gasteiger charge is 2.36. The third kappa shape index (κ3) is 4.86. The Morgan fingerprint density at radius 2 is 1.97 bits per heavy atom. The molecule has 0 aromatic heterocycles. The molecule has 0 bridgehead atoms. The van der Waals surface area contributed by atoms with Crippen LogP contribution in [-0.4, -0.2) is 50.0 Å². The van der Waals surface area contributed by atoms with Crippen LogP contribution in [0.1, 0.15) is 30.9 Å². The van der Waals surface area contributed by atoms with Crippen molar-refractivity contribution >= 4 is 29.1 Å². The number of para-hydroxylation sites is 2. The van der Waals surface area contributed by atoms with Crippen LogP contribution in [0.2, 0.25) is 5.02 Å². The lowest BCUT2D eigenvalue weighted by Crippen LogP contribution is -2.40. The number of benzene rings is 2. The first-order valence-electron chi connectivity index (χ1n) is 10.8.